The molecule has 1 fully saturated rings. The van der Waals surface area contributed by atoms with Crippen molar-refractivity contribution in [1.29, 1.82) is 0 Å². The number of aliphatic hydroxyl groups excluding tert-OH is 1. The van der Waals surface area contributed by atoms with Crippen molar-refractivity contribution < 1.29 is 5.11 Å². The smallest absolute Gasteiger partial charge is 0.0499 e. The minimum Gasteiger partial charge on any atom is -0.396 e. The highest BCUT2D eigenvalue weighted by Crippen LogP contribution is 2.30. The van der Waals surface area contributed by atoms with Crippen molar-refractivity contribution in [1.82, 2.24) is 4.90 Å². The van der Waals surface area contributed by atoms with Gasteiger partial charge < -0.3 is 10.0 Å². The Labute approximate surface area is 94.7 Å². The molecule has 0 unspecified atom stereocenters. The highest BCUT2D eigenvalue weighted by Gasteiger charge is 2.28. The average Bonchev–Trinajstić information content (AvgIpc) is 2.20. The van der Waals surface area contributed by atoms with Gasteiger partial charge in [-0.1, -0.05) is 20.3 Å². The molecule has 15 heavy (non-hydrogen) atoms. The van der Waals surface area contributed by atoms with E-state index in [0.29, 0.717) is 6.61 Å². The van der Waals surface area contributed by atoms with Crippen LogP contribution in [0.5, 0.6) is 0 Å². The quantitative estimate of drug-likeness (QED) is 0.702. The van der Waals surface area contributed by atoms with Crippen LogP contribution in [0, 0.1) is 11.3 Å². The molecule has 2 heteroatoms. The van der Waals surface area contributed by atoms with Crippen LogP contribution in [0.4, 0.5) is 0 Å². The molecule has 2 nitrogen and oxygen atoms in total. The lowest BCUT2D eigenvalue weighted by Gasteiger charge is -2.37. The maximum Gasteiger partial charge on any atom is 0.0499 e. The number of hydrogen-bond donors (Lipinski definition) is 1. The summed E-state index contributed by atoms with van der Waals surface area (Å²) < 4.78 is 0. The fraction of sp³-hybridized carbons (Fsp3) is 1.00. The van der Waals surface area contributed by atoms with E-state index in [1.165, 1.54) is 25.8 Å². The first-order chi connectivity index (χ1) is 7.15. The fourth-order valence-electron chi connectivity index (χ4n) is 2.50. The van der Waals surface area contributed by atoms with Gasteiger partial charge in [-0.2, -0.15) is 0 Å². The Morgan fingerprint density at radius 1 is 1.27 bits per heavy atom. The van der Waals surface area contributed by atoms with Crippen LogP contribution in [0.1, 0.15) is 46.0 Å². The van der Waals surface area contributed by atoms with Gasteiger partial charge >= 0.3 is 0 Å². The van der Waals surface area contributed by atoms with E-state index in [9.17, 15) is 5.11 Å². The Morgan fingerprint density at radius 2 is 1.87 bits per heavy atom. The number of nitrogens with zero attached hydrogens (tertiary/aromatic N) is 1. The van der Waals surface area contributed by atoms with Crippen LogP contribution >= 0.6 is 0 Å². The van der Waals surface area contributed by atoms with Gasteiger partial charge in [-0.25, -0.2) is 0 Å². The lowest BCUT2D eigenvalue weighted by molar-refractivity contribution is 0.0637. The molecule has 0 bridgehead atoms. The lowest BCUT2D eigenvalue weighted by Crippen LogP contribution is -2.40. The molecular formula is C13H27NO. The molecule has 90 valence electrons. The van der Waals surface area contributed by atoms with Gasteiger partial charge in [0.1, 0.15) is 0 Å². The highest BCUT2D eigenvalue weighted by atomic mass is 16.3. The van der Waals surface area contributed by atoms with E-state index in [1.807, 2.05) is 0 Å². The molecule has 0 aromatic carbocycles. The monoisotopic (exact) mass is 213 g/mol. The van der Waals surface area contributed by atoms with E-state index < -0.39 is 0 Å². The summed E-state index contributed by atoms with van der Waals surface area (Å²) in [5.41, 5.74) is 0.137. The summed E-state index contributed by atoms with van der Waals surface area (Å²) in [6.07, 6.45) is 6.40. The molecule has 1 aliphatic rings. The predicted molar refractivity (Wildman–Crippen MR) is 64.9 cm³/mol. The summed E-state index contributed by atoms with van der Waals surface area (Å²) in [7, 11) is 2.20. The zero-order chi connectivity index (χ0) is 11.3. The Kier molecular flexibility index (Phi) is 5.07. The van der Waals surface area contributed by atoms with Crippen LogP contribution in [0.2, 0.25) is 0 Å². The van der Waals surface area contributed by atoms with E-state index >= 15 is 0 Å². The van der Waals surface area contributed by atoms with Crippen molar-refractivity contribution >= 4 is 0 Å². The second-order valence-corrected chi connectivity index (χ2v) is 5.36. The van der Waals surface area contributed by atoms with Gasteiger partial charge in [0.2, 0.25) is 0 Å². The van der Waals surface area contributed by atoms with Crippen LogP contribution < -0.4 is 0 Å². The van der Waals surface area contributed by atoms with Gasteiger partial charge in [0, 0.05) is 25.1 Å². The van der Waals surface area contributed by atoms with Gasteiger partial charge in [0.15, 0.2) is 0 Å². The van der Waals surface area contributed by atoms with Crippen molar-refractivity contribution in [2.45, 2.75) is 46.0 Å². The van der Waals surface area contributed by atoms with Crippen molar-refractivity contribution in [2.75, 3.05) is 26.7 Å². The standard InChI is InChI=1S/C13H27NO/c1-4-13(5-2,11-15)10-14(3)9-12-7-6-8-12/h12,15H,4-11H2,1-3H3. The molecule has 0 aliphatic heterocycles. The third-order valence-corrected chi connectivity index (χ3v) is 4.24. The van der Waals surface area contributed by atoms with Crippen LogP contribution in [0.3, 0.4) is 0 Å². The Morgan fingerprint density at radius 3 is 2.20 bits per heavy atom. The van der Waals surface area contributed by atoms with E-state index in [-0.39, 0.29) is 5.41 Å². The minimum atomic E-state index is 0.137. The molecule has 0 aromatic heterocycles. The molecule has 0 saturated heterocycles. The zero-order valence-electron chi connectivity index (χ0n) is 10.6. The summed E-state index contributed by atoms with van der Waals surface area (Å²) in [6, 6.07) is 0. The largest absolute Gasteiger partial charge is 0.396 e. The molecule has 0 radical (unpaired) electrons. The van der Waals surface area contributed by atoms with Crippen LogP contribution in [0.15, 0.2) is 0 Å². The second-order valence-electron chi connectivity index (χ2n) is 5.36. The van der Waals surface area contributed by atoms with Gasteiger partial charge in [-0.05, 0) is 38.6 Å². The average molecular weight is 213 g/mol. The molecule has 1 N–H and O–H groups in total. The van der Waals surface area contributed by atoms with E-state index in [1.54, 1.807) is 0 Å². The van der Waals surface area contributed by atoms with E-state index in [2.05, 4.69) is 25.8 Å². The van der Waals surface area contributed by atoms with Gasteiger partial charge in [-0.3, -0.25) is 0 Å². The maximum atomic E-state index is 9.50. The van der Waals surface area contributed by atoms with Gasteiger partial charge in [-0.15, -0.1) is 0 Å². The summed E-state index contributed by atoms with van der Waals surface area (Å²) in [5.74, 6) is 0.931. The molecule has 0 amide bonds. The van der Waals surface area contributed by atoms with Gasteiger partial charge in [0.05, 0.1) is 0 Å². The zero-order valence-corrected chi connectivity index (χ0v) is 10.6. The normalized spacial score (nSPS) is 18.2. The third kappa shape index (κ3) is 3.46. The second kappa shape index (κ2) is 5.86. The SMILES string of the molecule is CCC(CC)(CO)CN(C)CC1CCC1. The number of hydrogen-bond acceptors (Lipinski definition) is 2. The number of aliphatic hydroxyl groups is 1. The topological polar surface area (TPSA) is 23.5 Å². The van der Waals surface area contributed by atoms with Crippen molar-refractivity contribution in [3.8, 4) is 0 Å². The van der Waals surface area contributed by atoms with Gasteiger partial charge in [0.25, 0.3) is 0 Å². The van der Waals surface area contributed by atoms with Crippen molar-refractivity contribution in [3.05, 3.63) is 0 Å². The molecule has 0 atom stereocenters. The summed E-state index contributed by atoms with van der Waals surface area (Å²) in [6.45, 7) is 6.98. The number of rotatable bonds is 7. The van der Waals surface area contributed by atoms with E-state index in [4.69, 9.17) is 0 Å². The first kappa shape index (κ1) is 13.0. The maximum absolute atomic E-state index is 9.50. The first-order valence-electron chi connectivity index (χ1n) is 6.45. The molecule has 0 aromatic rings. The molecule has 1 aliphatic carbocycles. The summed E-state index contributed by atoms with van der Waals surface area (Å²) in [4.78, 5) is 2.42. The Balaban J connectivity index is 2.35. The summed E-state index contributed by atoms with van der Waals surface area (Å²) >= 11 is 0. The van der Waals surface area contributed by atoms with Crippen LogP contribution in [-0.2, 0) is 0 Å². The van der Waals surface area contributed by atoms with Crippen LogP contribution in [-0.4, -0.2) is 36.8 Å². The van der Waals surface area contributed by atoms with Crippen molar-refractivity contribution in [3.63, 3.8) is 0 Å². The predicted octanol–water partition coefficient (Wildman–Crippen LogP) is 2.52. The minimum absolute atomic E-state index is 0.137. The molecular weight excluding hydrogens is 186 g/mol. The van der Waals surface area contributed by atoms with Crippen molar-refractivity contribution in [2.24, 2.45) is 11.3 Å². The molecule has 1 saturated carbocycles. The highest BCUT2D eigenvalue weighted by molar-refractivity contribution is 4.81. The lowest BCUT2D eigenvalue weighted by atomic mass is 9.81. The third-order valence-electron chi connectivity index (χ3n) is 4.24. The Bertz CT molecular complexity index is 165. The fourth-order valence-corrected chi connectivity index (χ4v) is 2.50. The summed E-state index contributed by atoms with van der Waals surface area (Å²) in [5, 5.41) is 9.50. The van der Waals surface area contributed by atoms with E-state index in [0.717, 1.165) is 25.3 Å². The molecule has 0 heterocycles. The first-order valence-corrected chi connectivity index (χ1v) is 6.45. The Hall–Kier alpha value is -0.0800. The van der Waals surface area contributed by atoms with Crippen LogP contribution in [0.25, 0.3) is 0 Å². The molecule has 1 rings (SSSR count). The molecule has 0 spiro atoms.